The van der Waals surface area contributed by atoms with Gasteiger partial charge < -0.3 is 14.5 Å². The Bertz CT molecular complexity index is 428. The third-order valence-electron chi connectivity index (χ3n) is 3.85. The average molecular weight is 294 g/mol. The maximum absolute atomic E-state index is 5.88. The number of hydrogen-bond acceptors (Lipinski definition) is 4. The monoisotopic (exact) mass is 294 g/mol. The minimum atomic E-state index is 0.326. The number of nitrogens with zero attached hydrogens (tertiary/aromatic N) is 1. The predicted octanol–water partition coefficient (Wildman–Crippen LogP) is 2.94. The van der Waals surface area contributed by atoms with Crippen LogP contribution in [0.3, 0.4) is 0 Å². The molecule has 1 atom stereocenters. The SMILES string of the molecule is Cc1oc(CNCC(C)C)cc1CN1CCCOC(C)C1. The molecule has 0 amide bonds. The van der Waals surface area contributed by atoms with Gasteiger partial charge in [0.2, 0.25) is 0 Å². The summed E-state index contributed by atoms with van der Waals surface area (Å²) in [6.45, 7) is 14.5. The summed E-state index contributed by atoms with van der Waals surface area (Å²) in [5.74, 6) is 2.76. The highest BCUT2D eigenvalue weighted by atomic mass is 16.5. The van der Waals surface area contributed by atoms with E-state index in [1.54, 1.807) is 0 Å². The van der Waals surface area contributed by atoms with Crippen molar-refractivity contribution < 1.29 is 9.15 Å². The highest BCUT2D eigenvalue weighted by Crippen LogP contribution is 2.18. The Kier molecular flexibility index (Phi) is 6.27. The van der Waals surface area contributed by atoms with E-state index in [1.165, 1.54) is 5.56 Å². The highest BCUT2D eigenvalue weighted by Gasteiger charge is 2.17. The lowest BCUT2D eigenvalue weighted by Gasteiger charge is -2.21. The quantitative estimate of drug-likeness (QED) is 0.875. The van der Waals surface area contributed by atoms with E-state index in [1.807, 2.05) is 0 Å². The second kappa shape index (κ2) is 7.97. The predicted molar refractivity (Wildman–Crippen MR) is 85.3 cm³/mol. The number of nitrogens with one attached hydrogen (secondary N) is 1. The first-order chi connectivity index (χ1) is 10.0. The van der Waals surface area contributed by atoms with Gasteiger partial charge in [-0.15, -0.1) is 0 Å². The van der Waals surface area contributed by atoms with E-state index in [0.29, 0.717) is 12.0 Å². The van der Waals surface area contributed by atoms with Crippen LogP contribution in [0.25, 0.3) is 0 Å². The molecular weight excluding hydrogens is 264 g/mol. The van der Waals surface area contributed by atoms with Crippen LogP contribution >= 0.6 is 0 Å². The number of furan rings is 1. The Hall–Kier alpha value is -0.840. The maximum atomic E-state index is 5.88. The zero-order valence-electron chi connectivity index (χ0n) is 13.9. The molecule has 0 spiro atoms. The summed E-state index contributed by atoms with van der Waals surface area (Å²) >= 11 is 0. The minimum absolute atomic E-state index is 0.326. The van der Waals surface area contributed by atoms with Crippen molar-refractivity contribution >= 4 is 0 Å². The molecule has 0 aromatic carbocycles. The van der Waals surface area contributed by atoms with Gasteiger partial charge in [0.15, 0.2) is 0 Å². The molecule has 1 fully saturated rings. The van der Waals surface area contributed by atoms with Gasteiger partial charge in [-0.05, 0) is 38.8 Å². The van der Waals surface area contributed by atoms with Gasteiger partial charge >= 0.3 is 0 Å². The third kappa shape index (κ3) is 5.46. The molecule has 4 nitrogen and oxygen atoms in total. The molecule has 4 heteroatoms. The van der Waals surface area contributed by atoms with E-state index < -0.39 is 0 Å². The summed E-state index contributed by atoms with van der Waals surface area (Å²) in [4.78, 5) is 2.47. The van der Waals surface area contributed by atoms with Crippen molar-refractivity contribution in [3.8, 4) is 0 Å². The molecule has 0 aliphatic carbocycles. The molecule has 1 aliphatic heterocycles. The smallest absolute Gasteiger partial charge is 0.118 e. The summed E-state index contributed by atoms with van der Waals surface area (Å²) in [6.07, 6.45) is 1.44. The molecule has 1 N–H and O–H groups in total. The number of hydrogen-bond donors (Lipinski definition) is 1. The lowest BCUT2D eigenvalue weighted by molar-refractivity contribution is 0.0667. The second-order valence-corrected chi connectivity index (χ2v) is 6.59. The standard InChI is InChI=1S/C17H30N2O2/c1-13(2)9-18-10-17-8-16(15(4)21-17)12-19-6-5-7-20-14(3)11-19/h8,13-14,18H,5-7,9-12H2,1-4H3. The molecule has 120 valence electrons. The van der Waals surface area contributed by atoms with Crippen molar-refractivity contribution in [1.29, 1.82) is 0 Å². The molecule has 1 aromatic heterocycles. The zero-order valence-corrected chi connectivity index (χ0v) is 13.9. The lowest BCUT2D eigenvalue weighted by Crippen LogP contribution is -2.29. The van der Waals surface area contributed by atoms with E-state index in [9.17, 15) is 0 Å². The van der Waals surface area contributed by atoms with Gasteiger partial charge in [-0.3, -0.25) is 4.90 Å². The van der Waals surface area contributed by atoms with E-state index in [4.69, 9.17) is 9.15 Å². The molecule has 0 radical (unpaired) electrons. The Morgan fingerprint density at radius 2 is 2.24 bits per heavy atom. The fourth-order valence-electron chi connectivity index (χ4n) is 2.78. The Labute approximate surface area is 128 Å². The summed E-state index contributed by atoms with van der Waals surface area (Å²) in [7, 11) is 0. The molecular formula is C17H30N2O2. The van der Waals surface area contributed by atoms with Crippen molar-refractivity contribution in [2.45, 2.75) is 53.3 Å². The zero-order chi connectivity index (χ0) is 15.2. The number of rotatable bonds is 6. The van der Waals surface area contributed by atoms with Crippen LogP contribution in [0.5, 0.6) is 0 Å². The van der Waals surface area contributed by atoms with Crippen molar-refractivity contribution in [2.24, 2.45) is 5.92 Å². The first-order valence-corrected chi connectivity index (χ1v) is 8.17. The molecule has 1 unspecified atom stereocenters. The summed E-state index contributed by atoms with van der Waals surface area (Å²) in [6, 6.07) is 2.21. The van der Waals surface area contributed by atoms with Crippen LogP contribution in [0.4, 0.5) is 0 Å². The normalized spacial score (nSPS) is 20.9. The van der Waals surface area contributed by atoms with E-state index in [2.05, 4.69) is 44.0 Å². The molecule has 2 heterocycles. The first-order valence-electron chi connectivity index (χ1n) is 8.17. The van der Waals surface area contributed by atoms with Crippen LogP contribution in [0.2, 0.25) is 0 Å². The summed E-state index contributed by atoms with van der Waals surface area (Å²) in [5, 5.41) is 3.44. The Balaban J connectivity index is 1.89. The van der Waals surface area contributed by atoms with Crippen molar-refractivity contribution in [2.75, 3.05) is 26.2 Å². The molecule has 1 aromatic rings. The van der Waals surface area contributed by atoms with Crippen LogP contribution in [-0.4, -0.2) is 37.2 Å². The van der Waals surface area contributed by atoms with Gasteiger partial charge in [0.05, 0.1) is 12.6 Å². The van der Waals surface area contributed by atoms with E-state index in [-0.39, 0.29) is 0 Å². The van der Waals surface area contributed by atoms with Crippen LogP contribution in [0, 0.1) is 12.8 Å². The van der Waals surface area contributed by atoms with E-state index in [0.717, 1.165) is 57.3 Å². The van der Waals surface area contributed by atoms with Crippen LogP contribution < -0.4 is 5.32 Å². The Morgan fingerprint density at radius 1 is 1.43 bits per heavy atom. The molecule has 1 aliphatic rings. The van der Waals surface area contributed by atoms with Gasteiger partial charge in [-0.25, -0.2) is 0 Å². The van der Waals surface area contributed by atoms with Crippen molar-refractivity contribution in [3.05, 3.63) is 23.2 Å². The van der Waals surface area contributed by atoms with Gasteiger partial charge in [0, 0.05) is 31.8 Å². The molecule has 0 saturated carbocycles. The molecule has 0 bridgehead atoms. The fraction of sp³-hybridized carbons (Fsp3) is 0.765. The average Bonchev–Trinajstić information content (AvgIpc) is 2.62. The second-order valence-electron chi connectivity index (χ2n) is 6.59. The molecule has 2 rings (SSSR count). The topological polar surface area (TPSA) is 37.6 Å². The lowest BCUT2D eigenvalue weighted by atomic mass is 10.2. The largest absolute Gasteiger partial charge is 0.465 e. The van der Waals surface area contributed by atoms with Gasteiger partial charge in [0.25, 0.3) is 0 Å². The third-order valence-corrected chi connectivity index (χ3v) is 3.85. The minimum Gasteiger partial charge on any atom is -0.465 e. The van der Waals surface area contributed by atoms with Crippen LogP contribution in [0.1, 0.15) is 44.3 Å². The molecule has 21 heavy (non-hydrogen) atoms. The number of aryl methyl sites for hydroxylation is 1. The fourth-order valence-corrected chi connectivity index (χ4v) is 2.78. The van der Waals surface area contributed by atoms with Crippen LogP contribution in [-0.2, 0) is 17.8 Å². The Morgan fingerprint density at radius 3 is 3.00 bits per heavy atom. The van der Waals surface area contributed by atoms with Gasteiger partial charge in [-0.1, -0.05) is 13.8 Å². The highest BCUT2D eigenvalue weighted by molar-refractivity contribution is 5.20. The summed E-state index contributed by atoms with van der Waals surface area (Å²) in [5.41, 5.74) is 1.31. The van der Waals surface area contributed by atoms with Gasteiger partial charge in [0.1, 0.15) is 11.5 Å². The summed E-state index contributed by atoms with van der Waals surface area (Å²) < 4.78 is 11.6. The van der Waals surface area contributed by atoms with E-state index >= 15 is 0 Å². The van der Waals surface area contributed by atoms with Crippen molar-refractivity contribution in [3.63, 3.8) is 0 Å². The maximum Gasteiger partial charge on any atom is 0.118 e. The van der Waals surface area contributed by atoms with Crippen LogP contribution in [0.15, 0.2) is 10.5 Å². The molecule has 1 saturated heterocycles. The number of ether oxygens (including phenoxy) is 1. The van der Waals surface area contributed by atoms with Crippen molar-refractivity contribution in [1.82, 2.24) is 10.2 Å². The first kappa shape index (κ1) is 16.5. The van der Waals surface area contributed by atoms with Gasteiger partial charge in [-0.2, -0.15) is 0 Å².